The van der Waals surface area contributed by atoms with Gasteiger partial charge in [-0.25, -0.2) is 0 Å². The number of ether oxygens (including phenoxy) is 2. The van der Waals surface area contributed by atoms with Gasteiger partial charge in [-0.1, -0.05) is 54.4 Å². The van der Waals surface area contributed by atoms with Crippen LogP contribution in [0, 0.1) is 51.2 Å². The Bertz CT molecular complexity index is 1030. The van der Waals surface area contributed by atoms with Crippen molar-refractivity contribution in [2.24, 2.45) is 51.2 Å². The third kappa shape index (κ3) is 2.86. The molecule has 2 aliphatic heterocycles. The fourth-order valence-corrected chi connectivity index (χ4v) is 11.2. The Morgan fingerprint density at radius 3 is 2.11 bits per heavy atom. The van der Waals surface area contributed by atoms with Crippen LogP contribution in [0.2, 0.25) is 0 Å². The first-order chi connectivity index (χ1) is 16.6. The fourth-order valence-electron chi connectivity index (χ4n) is 11.2. The zero-order chi connectivity index (χ0) is 26.1. The highest BCUT2D eigenvalue weighted by Gasteiger charge is 2.77. The molecule has 0 amide bonds. The topological polar surface area (TPSA) is 89.9 Å². The van der Waals surface area contributed by atoms with Crippen molar-refractivity contribution in [3.05, 3.63) is 0 Å². The summed E-state index contributed by atoms with van der Waals surface area (Å²) in [5.74, 6) is -3.97. The molecule has 6 nitrogen and oxygen atoms in total. The molecule has 0 radical (unpaired) electrons. The Hall–Kier alpha value is -1.43. The number of Topliss-reactive ketones (excluding diaryl/α,β-unsaturated/α-hetero) is 1. The summed E-state index contributed by atoms with van der Waals surface area (Å²) in [6.07, 6.45) is 7.75. The summed E-state index contributed by atoms with van der Waals surface area (Å²) in [7, 11) is 0. The Morgan fingerprint density at radius 1 is 0.861 bits per heavy atom. The van der Waals surface area contributed by atoms with E-state index in [1.54, 1.807) is 0 Å². The van der Waals surface area contributed by atoms with E-state index < -0.39 is 35.1 Å². The van der Waals surface area contributed by atoms with Gasteiger partial charge in [0.1, 0.15) is 5.60 Å². The predicted molar refractivity (Wildman–Crippen MR) is 133 cm³/mol. The van der Waals surface area contributed by atoms with Gasteiger partial charge in [-0.3, -0.25) is 14.4 Å². The number of hydrogen-bond acceptors (Lipinski definition) is 5. The average molecular weight is 501 g/mol. The molecule has 6 rings (SSSR count). The first kappa shape index (κ1) is 24.9. The normalized spacial score (nSPS) is 52.7. The molecule has 4 aliphatic carbocycles. The standard InChI is InChI=1S/C30H44O6/c1-25(2)10-8-13-28(6)18(25)15-20(31)29-14-9-17-21(23(32)33)27(5)12-7-11-26(3,4)19(27)16-30(17,36-29)35-24(34)22(28)29/h17-19,21-22H,7-16H2,1-6H3,(H,32,33)/t17-,18-,19-,21+,22+,27-,28-,29+,30+/m0/s1. The smallest absolute Gasteiger partial charge is 0.315 e. The number of hydrogen-bond donors (Lipinski definition) is 1. The molecule has 6 fully saturated rings. The van der Waals surface area contributed by atoms with Crippen molar-refractivity contribution in [1.29, 1.82) is 0 Å². The lowest BCUT2D eigenvalue weighted by molar-refractivity contribution is -0.397. The number of fused-ring (bicyclic) bond motifs is 3. The van der Waals surface area contributed by atoms with Crippen LogP contribution in [-0.2, 0) is 23.9 Å². The lowest BCUT2D eigenvalue weighted by Crippen LogP contribution is -2.77. The van der Waals surface area contributed by atoms with Crippen LogP contribution in [0.4, 0.5) is 0 Å². The average Bonchev–Trinajstić information content (AvgIpc) is 2.74. The summed E-state index contributed by atoms with van der Waals surface area (Å²) in [6, 6.07) is 0. The summed E-state index contributed by atoms with van der Waals surface area (Å²) in [5, 5.41) is 10.6. The minimum atomic E-state index is -1.32. The number of ketones is 1. The lowest BCUT2D eigenvalue weighted by Gasteiger charge is -2.70. The van der Waals surface area contributed by atoms with Gasteiger partial charge in [0.2, 0.25) is 5.79 Å². The minimum Gasteiger partial charge on any atom is -0.481 e. The molecule has 2 spiro atoms. The fraction of sp³-hybridized carbons (Fsp3) is 0.900. The van der Waals surface area contributed by atoms with Crippen molar-refractivity contribution in [1.82, 2.24) is 0 Å². The Labute approximate surface area is 215 Å². The molecule has 4 saturated carbocycles. The molecule has 6 aliphatic rings. The summed E-state index contributed by atoms with van der Waals surface area (Å²) >= 11 is 0. The first-order valence-electron chi connectivity index (χ1n) is 14.3. The molecule has 2 bridgehead atoms. The van der Waals surface area contributed by atoms with E-state index in [0.717, 1.165) is 38.5 Å². The molecular weight excluding hydrogens is 456 g/mol. The van der Waals surface area contributed by atoms with Crippen LogP contribution in [0.3, 0.4) is 0 Å². The summed E-state index contributed by atoms with van der Waals surface area (Å²) in [6.45, 7) is 13.2. The maximum absolute atomic E-state index is 14.2. The SMILES string of the molecule is CC1(C)CCC[C@]2(C)[C@H]3C(=O)O[C@@]45C[C@H]6C(C)(C)CCC[C@]6(C)[C@@H](C(=O)O)[C@@H]4CC[C@@]3(O5)C(=O)C[C@@H]12. The van der Waals surface area contributed by atoms with Crippen molar-refractivity contribution >= 4 is 17.7 Å². The van der Waals surface area contributed by atoms with E-state index >= 15 is 0 Å². The van der Waals surface area contributed by atoms with E-state index in [1.165, 1.54) is 0 Å². The zero-order valence-electron chi connectivity index (χ0n) is 22.9. The molecule has 9 atom stereocenters. The summed E-state index contributed by atoms with van der Waals surface area (Å²) in [5.41, 5.74) is -2.05. The number of carbonyl (C=O) groups is 3. The van der Waals surface area contributed by atoms with Crippen LogP contribution >= 0.6 is 0 Å². The molecular formula is C30H44O6. The van der Waals surface area contributed by atoms with Gasteiger partial charge < -0.3 is 14.6 Å². The van der Waals surface area contributed by atoms with Gasteiger partial charge in [-0.15, -0.1) is 0 Å². The van der Waals surface area contributed by atoms with Crippen molar-refractivity contribution in [2.45, 2.75) is 117 Å². The Balaban J connectivity index is 1.47. The zero-order valence-corrected chi connectivity index (χ0v) is 22.9. The van der Waals surface area contributed by atoms with E-state index in [2.05, 4.69) is 41.5 Å². The second kappa shape index (κ2) is 7.15. The third-order valence-corrected chi connectivity index (χ3v) is 12.7. The Morgan fingerprint density at radius 2 is 1.47 bits per heavy atom. The van der Waals surface area contributed by atoms with Gasteiger partial charge in [0.15, 0.2) is 5.78 Å². The summed E-state index contributed by atoms with van der Waals surface area (Å²) in [4.78, 5) is 41.2. The maximum Gasteiger partial charge on any atom is 0.315 e. The second-order valence-corrected chi connectivity index (χ2v) is 15.3. The van der Waals surface area contributed by atoms with Crippen molar-refractivity contribution < 1.29 is 29.0 Å². The summed E-state index contributed by atoms with van der Waals surface area (Å²) < 4.78 is 13.4. The molecule has 36 heavy (non-hydrogen) atoms. The molecule has 6 heteroatoms. The van der Waals surface area contributed by atoms with Crippen LogP contribution < -0.4 is 0 Å². The van der Waals surface area contributed by atoms with Crippen molar-refractivity contribution in [3.8, 4) is 0 Å². The van der Waals surface area contributed by atoms with Crippen LogP contribution in [0.5, 0.6) is 0 Å². The van der Waals surface area contributed by atoms with Gasteiger partial charge in [-0.05, 0) is 72.0 Å². The molecule has 2 saturated heterocycles. The Kier molecular flexibility index (Phi) is 4.94. The number of carboxylic acid groups (broad SMARTS) is 1. The second-order valence-electron chi connectivity index (χ2n) is 15.3. The molecule has 0 aromatic heterocycles. The molecule has 0 aromatic rings. The lowest BCUT2D eigenvalue weighted by atomic mass is 9.41. The molecule has 0 aromatic carbocycles. The van der Waals surface area contributed by atoms with Crippen molar-refractivity contribution in [3.63, 3.8) is 0 Å². The van der Waals surface area contributed by atoms with Crippen LogP contribution in [-0.4, -0.2) is 34.2 Å². The van der Waals surface area contributed by atoms with Gasteiger partial charge in [0.05, 0.1) is 11.8 Å². The highest BCUT2D eigenvalue weighted by molar-refractivity contribution is 5.96. The molecule has 0 unspecified atom stereocenters. The van der Waals surface area contributed by atoms with E-state index in [0.29, 0.717) is 25.7 Å². The molecule has 2 heterocycles. The quantitative estimate of drug-likeness (QED) is 0.460. The van der Waals surface area contributed by atoms with Crippen molar-refractivity contribution in [2.75, 3.05) is 0 Å². The number of carboxylic acids is 1. The predicted octanol–water partition coefficient (Wildman–Crippen LogP) is 5.76. The van der Waals surface area contributed by atoms with Gasteiger partial charge in [-0.2, -0.15) is 0 Å². The van der Waals surface area contributed by atoms with Crippen LogP contribution in [0.15, 0.2) is 0 Å². The van der Waals surface area contributed by atoms with E-state index in [9.17, 15) is 19.5 Å². The number of aliphatic carboxylic acids is 1. The number of esters is 1. The first-order valence-corrected chi connectivity index (χ1v) is 14.3. The highest BCUT2D eigenvalue weighted by atomic mass is 16.7. The van der Waals surface area contributed by atoms with Crippen LogP contribution in [0.1, 0.15) is 106 Å². The maximum atomic E-state index is 14.2. The van der Waals surface area contributed by atoms with Gasteiger partial charge >= 0.3 is 11.9 Å². The number of carbonyl (C=O) groups excluding carboxylic acids is 2. The monoisotopic (exact) mass is 500 g/mol. The largest absolute Gasteiger partial charge is 0.481 e. The van der Waals surface area contributed by atoms with E-state index in [1.807, 2.05) is 0 Å². The molecule has 200 valence electrons. The molecule has 1 N–H and O–H groups in total. The van der Waals surface area contributed by atoms with E-state index in [4.69, 9.17) is 9.47 Å². The minimum absolute atomic E-state index is 0.0237. The van der Waals surface area contributed by atoms with Crippen LogP contribution in [0.25, 0.3) is 0 Å². The van der Waals surface area contributed by atoms with E-state index in [-0.39, 0.29) is 45.2 Å². The number of rotatable bonds is 1. The highest BCUT2D eigenvalue weighted by Crippen LogP contribution is 2.71. The van der Waals surface area contributed by atoms with Gasteiger partial charge in [0, 0.05) is 18.8 Å². The third-order valence-electron chi connectivity index (χ3n) is 12.7. The van der Waals surface area contributed by atoms with Gasteiger partial charge in [0.25, 0.3) is 0 Å².